The number of piperazine rings is 1. The Bertz CT molecular complexity index is 1300. The number of nitrogens with zero attached hydrogens (tertiary/aromatic N) is 3. The third-order valence-corrected chi connectivity index (χ3v) is 7.69. The van der Waals surface area contributed by atoms with Gasteiger partial charge in [0, 0.05) is 41.8 Å². The standard InChI is InChI=1S/C28H26ClN3O2S/c1-19-8-13-24(20(2)18-19)32-27(33)25(26(28(32)34)35-23-11-9-21(29)10-12-23)31-16-14-30(15-17-31)22-6-4-3-5-7-22/h3-13,18H,14-17H2,1-2H3. The Morgan fingerprint density at radius 1 is 0.771 bits per heavy atom. The molecule has 0 saturated carbocycles. The Balaban J connectivity index is 1.47. The molecule has 1 fully saturated rings. The number of halogens is 1. The van der Waals surface area contributed by atoms with E-state index in [4.69, 9.17) is 11.6 Å². The molecule has 35 heavy (non-hydrogen) atoms. The van der Waals surface area contributed by atoms with Crippen LogP contribution in [0.3, 0.4) is 0 Å². The van der Waals surface area contributed by atoms with Crippen molar-refractivity contribution in [2.45, 2.75) is 18.7 Å². The number of thioether (sulfide) groups is 1. The predicted octanol–water partition coefficient (Wildman–Crippen LogP) is 5.66. The van der Waals surface area contributed by atoms with Crippen LogP contribution in [0.1, 0.15) is 11.1 Å². The van der Waals surface area contributed by atoms with Crippen LogP contribution in [0.4, 0.5) is 11.4 Å². The SMILES string of the molecule is Cc1ccc(N2C(=O)C(Sc3ccc(Cl)cc3)=C(N3CCN(c4ccccc4)CC3)C2=O)c(C)c1. The van der Waals surface area contributed by atoms with Crippen molar-refractivity contribution in [3.05, 3.63) is 99.5 Å². The number of anilines is 2. The predicted molar refractivity (Wildman–Crippen MR) is 143 cm³/mol. The van der Waals surface area contributed by atoms with E-state index in [2.05, 4.69) is 21.9 Å². The van der Waals surface area contributed by atoms with E-state index < -0.39 is 0 Å². The highest BCUT2D eigenvalue weighted by atomic mass is 35.5. The van der Waals surface area contributed by atoms with Crippen LogP contribution in [0.2, 0.25) is 5.02 Å². The van der Waals surface area contributed by atoms with Crippen molar-refractivity contribution >= 4 is 46.6 Å². The number of aryl methyl sites for hydroxylation is 2. The van der Waals surface area contributed by atoms with Crippen molar-refractivity contribution in [3.8, 4) is 0 Å². The number of para-hydroxylation sites is 1. The first-order valence-corrected chi connectivity index (χ1v) is 12.8. The first-order chi connectivity index (χ1) is 16.9. The maximum Gasteiger partial charge on any atom is 0.283 e. The molecule has 2 aliphatic rings. The molecular formula is C28H26ClN3O2S. The van der Waals surface area contributed by atoms with Gasteiger partial charge in [-0.15, -0.1) is 0 Å². The fourth-order valence-corrected chi connectivity index (χ4v) is 5.72. The number of carbonyl (C=O) groups is 2. The van der Waals surface area contributed by atoms with Gasteiger partial charge in [0.25, 0.3) is 11.8 Å². The molecule has 0 radical (unpaired) electrons. The first-order valence-electron chi connectivity index (χ1n) is 11.6. The highest BCUT2D eigenvalue weighted by Gasteiger charge is 2.43. The molecule has 2 aliphatic heterocycles. The number of benzene rings is 3. The van der Waals surface area contributed by atoms with Gasteiger partial charge in [0.05, 0.1) is 5.69 Å². The van der Waals surface area contributed by atoms with Crippen molar-refractivity contribution in [3.63, 3.8) is 0 Å². The number of amides is 2. The van der Waals surface area contributed by atoms with Gasteiger partial charge in [-0.3, -0.25) is 9.59 Å². The zero-order valence-electron chi connectivity index (χ0n) is 19.7. The summed E-state index contributed by atoms with van der Waals surface area (Å²) in [4.78, 5) is 34.6. The van der Waals surface area contributed by atoms with Crippen LogP contribution in [-0.2, 0) is 9.59 Å². The zero-order chi connectivity index (χ0) is 24.5. The molecule has 2 heterocycles. The summed E-state index contributed by atoms with van der Waals surface area (Å²) < 4.78 is 0. The third-order valence-electron chi connectivity index (χ3n) is 6.36. The van der Waals surface area contributed by atoms with E-state index in [-0.39, 0.29) is 11.8 Å². The molecule has 0 unspecified atom stereocenters. The van der Waals surface area contributed by atoms with E-state index in [0.29, 0.717) is 34.4 Å². The van der Waals surface area contributed by atoms with Gasteiger partial charge in [-0.1, -0.05) is 59.3 Å². The Morgan fingerprint density at radius 3 is 2.09 bits per heavy atom. The molecule has 3 aromatic carbocycles. The third kappa shape index (κ3) is 4.68. The second-order valence-electron chi connectivity index (χ2n) is 8.78. The second-order valence-corrected chi connectivity index (χ2v) is 10.3. The van der Waals surface area contributed by atoms with Gasteiger partial charge in [0.2, 0.25) is 0 Å². The van der Waals surface area contributed by atoms with Crippen LogP contribution in [-0.4, -0.2) is 42.9 Å². The maximum absolute atomic E-state index is 13.8. The summed E-state index contributed by atoms with van der Waals surface area (Å²) in [6.07, 6.45) is 0. The minimum atomic E-state index is -0.276. The molecule has 0 N–H and O–H groups in total. The smallest absolute Gasteiger partial charge is 0.283 e. The average Bonchev–Trinajstić information content (AvgIpc) is 3.10. The van der Waals surface area contributed by atoms with Crippen molar-refractivity contribution < 1.29 is 9.59 Å². The van der Waals surface area contributed by atoms with Crippen LogP contribution in [0.25, 0.3) is 0 Å². The molecule has 1 saturated heterocycles. The minimum Gasteiger partial charge on any atom is -0.368 e. The van der Waals surface area contributed by atoms with E-state index in [0.717, 1.165) is 29.1 Å². The summed E-state index contributed by atoms with van der Waals surface area (Å²) in [6, 6.07) is 23.4. The van der Waals surface area contributed by atoms with E-state index in [9.17, 15) is 9.59 Å². The first kappa shape index (κ1) is 23.5. The summed E-state index contributed by atoms with van der Waals surface area (Å²) in [5.41, 5.74) is 4.28. The lowest BCUT2D eigenvalue weighted by Gasteiger charge is -2.37. The van der Waals surface area contributed by atoms with Crippen LogP contribution in [0, 0.1) is 13.8 Å². The van der Waals surface area contributed by atoms with Crippen LogP contribution in [0.15, 0.2) is 88.3 Å². The van der Waals surface area contributed by atoms with Gasteiger partial charge in [-0.25, -0.2) is 4.90 Å². The lowest BCUT2D eigenvalue weighted by molar-refractivity contribution is -0.121. The second kappa shape index (κ2) is 9.80. The van der Waals surface area contributed by atoms with Crippen molar-refractivity contribution in [2.75, 3.05) is 36.0 Å². The van der Waals surface area contributed by atoms with Crippen LogP contribution < -0.4 is 9.80 Å². The lowest BCUT2D eigenvalue weighted by Crippen LogP contribution is -2.47. The molecule has 2 amide bonds. The zero-order valence-corrected chi connectivity index (χ0v) is 21.3. The number of hydrogen-bond acceptors (Lipinski definition) is 5. The van der Waals surface area contributed by atoms with Gasteiger partial charge in [0.1, 0.15) is 10.6 Å². The molecule has 7 heteroatoms. The van der Waals surface area contributed by atoms with Crippen LogP contribution in [0.5, 0.6) is 0 Å². The van der Waals surface area contributed by atoms with Crippen molar-refractivity contribution in [1.82, 2.24) is 4.90 Å². The molecule has 5 nitrogen and oxygen atoms in total. The molecule has 3 aromatic rings. The Kier molecular flexibility index (Phi) is 6.58. The van der Waals surface area contributed by atoms with E-state index in [1.807, 2.05) is 62.4 Å². The normalized spacial score (nSPS) is 16.5. The summed E-state index contributed by atoms with van der Waals surface area (Å²) in [7, 11) is 0. The number of rotatable bonds is 5. The van der Waals surface area contributed by atoms with Crippen LogP contribution >= 0.6 is 23.4 Å². The number of carbonyl (C=O) groups excluding carboxylic acids is 2. The molecule has 0 spiro atoms. The Labute approximate surface area is 215 Å². The molecule has 178 valence electrons. The molecule has 5 rings (SSSR count). The topological polar surface area (TPSA) is 43.9 Å². The van der Waals surface area contributed by atoms with E-state index >= 15 is 0 Å². The fourth-order valence-electron chi connectivity index (χ4n) is 4.59. The minimum absolute atomic E-state index is 0.258. The van der Waals surface area contributed by atoms with Gasteiger partial charge in [-0.05, 0) is 61.9 Å². The fraction of sp³-hybridized carbons (Fsp3) is 0.214. The number of hydrogen-bond donors (Lipinski definition) is 0. The van der Waals surface area contributed by atoms with Gasteiger partial charge >= 0.3 is 0 Å². The highest BCUT2D eigenvalue weighted by molar-refractivity contribution is 8.04. The lowest BCUT2D eigenvalue weighted by atomic mass is 10.1. The van der Waals surface area contributed by atoms with Gasteiger partial charge in [-0.2, -0.15) is 0 Å². The molecule has 0 atom stereocenters. The van der Waals surface area contributed by atoms with E-state index in [1.165, 1.54) is 22.3 Å². The molecule has 0 aromatic heterocycles. The Morgan fingerprint density at radius 2 is 1.43 bits per heavy atom. The molecule has 0 aliphatic carbocycles. The maximum atomic E-state index is 13.8. The quantitative estimate of drug-likeness (QED) is 0.420. The van der Waals surface area contributed by atoms with Gasteiger partial charge < -0.3 is 9.80 Å². The molecular weight excluding hydrogens is 478 g/mol. The molecule has 0 bridgehead atoms. The number of imide groups is 1. The summed E-state index contributed by atoms with van der Waals surface area (Å²) in [6.45, 7) is 6.81. The average molecular weight is 504 g/mol. The van der Waals surface area contributed by atoms with Crippen molar-refractivity contribution in [2.24, 2.45) is 0 Å². The van der Waals surface area contributed by atoms with E-state index in [1.54, 1.807) is 12.1 Å². The highest BCUT2D eigenvalue weighted by Crippen LogP contribution is 2.40. The Hall–Kier alpha value is -3.22. The summed E-state index contributed by atoms with van der Waals surface area (Å²) in [5, 5.41) is 0.631. The summed E-state index contributed by atoms with van der Waals surface area (Å²) in [5.74, 6) is -0.533. The summed E-state index contributed by atoms with van der Waals surface area (Å²) >= 11 is 7.40. The largest absolute Gasteiger partial charge is 0.368 e. The monoisotopic (exact) mass is 503 g/mol. The van der Waals surface area contributed by atoms with Crippen molar-refractivity contribution in [1.29, 1.82) is 0 Å². The van der Waals surface area contributed by atoms with Gasteiger partial charge in [0.15, 0.2) is 0 Å².